The molecule has 2 rings (SSSR count). The van der Waals surface area contributed by atoms with Crippen LogP contribution in [0.2, 0.25) is 0 Å². The van der Waals surface area contributed by atoms with Crippen LogP contribution >= 0.6 is 0 Å². The number of benzene rings is 1. The van der Waals surface area contributed by atoms with Gasteiger partial charge in [0.1, 0.15) is 5.92 Å². The molecule has 0 bridgehead atoms. The van der Waals surface area contributed by atoms with Gasteiger partial charge in [-0.1, -0.05) is 30.3 Å². The molecular formula is C17H17N3O2. The molecule has 2 amide bonds. The summed E-state index contributed by atoms with van der Waals surface area (Å²) in [5, 5.41) is 18.3. The molecule has 0 radical (unpaired) electrons. The van der Waals surface area contributed by atoms with Crippen LogP contribution in [-0.4, -0.2) is 23.3 Å². The molecule has 1 fully saturated rings. The van der Waals surface area contributed by atoms with E-state index in [1.807, 2.05) is 30.3 Å². The smallest absolute Gasteiger partial charge is 0.229 e. The summed E-state index contributed by atoms with van der Waals surface area (Å²) in [6.07, 6.45) is 2.01. The first-order chi connectivity index (χ1) is 10.7. The van der Waals surface area contributed by atoms with Crippen LogP contribution in [0.5, 0.6) is 0 Å². The van der Waals surface area contributed by atoms with Crippen molar-refractivity contribution in [2.45, 2.75) is 31.6 Å². The second-order valence-electron chi connectivity index (χ2n) is 5.35. The van der Waals surface area contributed by atoms with Gasteiger partial charge in [0.25, 0.3) is 0 Å². The molecule has 1 aliphatic heterocycles. The number of likely N-dealkylation sites (tertiary alicyclic amines) is 1. The van der Waals surface area contributed by atoms with Gasteiger partial charge < -0.3 is 0 Å². The first kappa shape index (κ1) is 15.7. The number of nitriles is 2. The molecule has 1 aromatic rings. The molecule has 112 valence electrons. The maximum atomic E-state index is 12.4. The van der Waals surface area contributed by atoms with E-state index in [9.17, 15) is 9.59 Å². The summed E-state index contributed by atoms with van der Waals surface area (Å²) in [6.45, 7) is 0.433. The molecule has 0 spiro atoms. The Kier molecular flexibility index (Phi) is 5.27. The second-order valence-corrected chi connectivity index (χ2v) is 5.35. The summed E-state index contributed by atoms with van der Waals surface area (Å²) in [6, 6.07) is 13.0. The molecule has 0 aromatic heterocycles. The van der Waals surface area contributed by atoms with Crippen LogP contribution in [0, 0.1) is 28.6 Å². The monoisotopic (exact) mass is 295 g/mol. The average molecular weight is 295 g/mol. The predicted octanol–water partition coefficient (Wildman–Crippen LogP) is 2.36. The van der Waals surface area contributed by atoms with Crippen molar-refractivity contribution < 1.29 is 9.59 Å². The van der Waals surface area contributed by atoms with Crippen molar-refractivity contribution in [2.24, 2.45) is 5.92 Å². The van der Waals surface area contributed by atoms with E-state index in [0.717, 1.165) is 18.4 Å². The van der Waals surface area contributed by atoms with E-state index in [1.165, 1.54) is 4.90 Å². The lowest BCUT2D eigenvalue weighted by atomic mass is 9.84. The fourth-order valence-electron chi connectivity index (χ4n) is 2.71. The Morgan fingerprint density at radius 1 is 1.18 bits per heavy atom. The number of hydrogen-bond acceptors (Lipinski definition) is 4. The van der Waals surface area contributed by atoms with Gasteiger partial charge in [-0.05, 0) is 18.4 Å². The number of imide groups is 1. The van der Waals surface area contributed by atoms with Gasteiger partial charge in [-0.3, -0.25) is 14.5 Å². The normalized spacial score (nSPS) is 16.0. The first-order valence-electron chi connectivity index (χ1n) is 7.34. The lowest BCUT2D eigenvalue weighted by Gasteiger charge is -2.27. The standard InChI is InChI=1S/C17H17N3O2/c18-11-14(12-19)15(13-6-2-1-3-7-13)10-17(22)20-9-5-4-8-16(20)21/h1-3,6-7,14-15H,4-5,8-10H2/t15-/m1/s1. The summed E-state index contributed by atoms with van der Waals surface area (Å²) in [5.41, 5.74) is 0.772. The molecule has 0 N–H and O–H groups in total. The maximum absolute atomic E-state index is 12.4. The van der Waals surface area contributed by atoms with Gasteiger partial charge in [0.05, 0.1) is 12.1 Å². The van der Waals surface area contributed by atoms with Gasteiger partial charge in [0.15, 0.2) is 0 Å². The number of nitrogens with zero attached hydrogens (tertiary/aromatic N) is 3. The van der Waals surface area contributed by atoms with Crippen LogP contribution in [0.4, 0.5) is 0 Å². The summed E-state index contributed by atoms with van der Waals surface area (Å²) in [4.78, 5) is 25.5. The van der Waals surface area contributed by atoms with E-state index < -0.39 is 11.8 Å². The van der Waals surface area contributed by atoms with E-state index in [1.54, 1.807) is 12.1 Å². The highest BCUT2D eigenvalue weighted by Gasteiger charge is 2.31. The minimum Gasteiger partial charge on any atom is -0.283 e. The summed E-state index contributed by atoms with van der Waals surface area (Å²) >= 11 is 0. The number of carbonyl (C=O) groups is 2. The van der Waals surface area contributed by atoms with Gasteiger partial charge in [-0.25, -0.2) is 0 Å². The number of amides is 2. The van der Waals surface area contributed by atoms with Gasteiger partial charge in [0.2, 0.25) is 11.8 Å². The largest absolute Gasteiger partial charge is 0.283 e. The van der Waals surface area contributed by atoms with Crippen molar-refractivity contribution in [2.75, 3.05) is 6.54 Å². The van der Waals surface area contributed by atoms with Gasteiger partial charge in [-0.15, -0.1) is 0 Å². The number of rotatable bonds is 4. The Morgan fingerprint density at radius 3 is 2.45 bits per heavy atom. The van der Waals surface area contributed by atoms with Crippen LogP contribution in [0.25, 0.3) is 0 Å². The van der Waals surface area contributed by atoms with Crippen molar-refractivity contribution in [3.63, 3.8) is 0 Å². The lowest BCUT2D eigenvalue weighted by Crippen LogP contribution is -2.41. The fourth-order valence-corrected chi connectivity index (χ4v) is 2.71. The predicted molar refractivity (Wildman–Crippen MR) is 79.1 cm³/mol. The van der Waals surface area contributed by atoms with Crippen molar-refractivity contribution in [1.29, 1.82) is 10.5 Å². The molecule has 0 saturated carbocycles. The lowest BCUT2D eigenvalue weighted by molar-refractivity contribution is -0.146. The Hall–Kier alpha value is -2.66. The third-order valence-corrected chi connectivity index (χ3v) is 3.93. The summed E-state index contributed by atoms with van der Waals surface area (Å²) in [5.74, 6) is -1.88. The van der Waals surface area contributed by atoms with Gasteiger partial charge in [-0.2, -0.15) is 10.5 Å². The molecule has 1 aromatic carbocycles. The Labute approximate surface area is 129 Å². The van der Waals surface area contributed by atoms with Gasteiger partial charge in [0, 0.05) is 25.3 Å². The third kappa shape index (κ3) is 3.51. The highest BCUT2D eigenvalue weighted by atomic mass is 16.2. The average Bonchev–Trinajstić information content (AvgIpc) is 2.56. The van der Waals surface area contributed by atoms with E-state index in [-0.39, 0.29) is 18.2 Å². The zero-order chi connectivity index (χ0) is 15.9. The van der Waals surface area contributed by atoms with E-state index >= 15 is 0 Å². The topological polar surface area (TPSA) is 85.0 Å². The van der Waals surface area contributed by atoms with Crippen LogP contribution < -0.4 is 0 Å². The van der Waals surface area contributed by atoms with E-state index in [0.29, 0.717) is 13.0 Å². The number of carbonyl (C=O) groups excluding carboxylic acids is 2. The minimum atomic E-state index is -0.911. The number of hydrogen-bond donors (Lipinski definition) is 0. The molecule has 1 aliphatic rings. The van der Waals surface area contributed by atoms with E-state index in [4.69, 9.17) is 10.5 Å². The molecule has 5 heteroatoms. The Bertz CT molecular complexity index is 614. The quantitative estimate of drug-likeness (QED) is 0.853. The van der Waals surface area contributed by atoms with Gasteiger partial charge >= 0.3 is 0 Å². The molecule has 1 heterocycles. The van der Waals surface area contributed by atoms with Crippen molar-refractivity contribution in [1.82, 2.24) is 4.90 Å². The molecule has 0 unspecified atom stereocenters. The molecule has 22 heavy (non-hydrogen) atoms. The van der Waals surface area contributed by atoms with Crippen molar-refractivity contribution >= 4 is 11.8 Å². The Morgan fingerprint density at radius 2 is 1.86 bits per heavy atom. The van der Waals surface area contributed by atoms with Crippen LogP contribution in [0.3, 0.4) is 0 Å². The fraction of sp³-hybridized carbons (Fsp3) is 0.412. The molecular weight excluding hydrogens is 278 g/mol. The first-order valence-corrected chi connectivity index (χ1v) is 7.34. The number of piperidine rings is 1. The minimum absolute atomic E-state index is 0.00153. The van der Waals surface area contributed by atoms with Crippen molar-refractivity contribution in [3.05, 3.63) is 35.9 Å². The highest BCUT2D eigenvalue weighted by molar-refractivity contribution is 5.96. The van der Waals surface area contributed by atoms with Crippen molar-refractivity contribution in [3.8, 4) is 12.1 Å². The molecule has 5 nitrogen and oxygen atoms in total. The van der Waals surface area contributed by atoms with Crippen LogP contribution in [0.1, 0.15) is 37.2 Å². The molecule has 0 aliphatic carbocycles. The summed E-state index contributed by atoms with van der Waals surface area (Å²) in [7, 11) is 0. The Balaban J connectivity index is 2.20. The zero-order valence-electron chi connectivity index (χ0n) is 12.2. The zero-order valence-corrected chi connectivity index (χ0v) is 12.2. The van der Waals surface area contributed by atoms with Crippen LogP contribution in [0.15, 0.2) is 30.3 Å². The molecule has 1 saturated heterocycles. The second kappa shape index (κ2) is 7.38. The molecule has 1 atom stereocenters. The SMILES string of the molecule is N#CC(C#N)[C@H](CC(=O)N1CCCCC1=O)c1ccccc1. The van der Waals surface area contributed by atoms with Crippen LogP contribution in [-0.2, 0) is 9.59 Å². The highest BCUT2D eigenvalue weighted by Crippen LogP contribution is 2.29. The third-order valence-electron chi connectivity index (χ3n) is 3.93. The summed E-state index contributed by atoms with van der Waals surface area (Å²) < 4.78 is 0. The maximum Gasteiger partial charge on any atom is 0.229 e. The van der Waals surface area contributed by atoms with E-state index in [2.05, 4.69) is 0 Å².